The van der Waals surface area contributed by atoms with Gasteiger partial charge in [-0.25, -0.2) is 0 Å². The monoisotopic (exact) mass is 281 g/mol. The highest BCUT2D eigenvalue weighted by molar-refractivity contribution is 8.00. The van der Waals surface area contributed by atoms with Gasteiger partial charge in [0.15, 0.2) is 0 Å². The molecule has 0 radical (unpaired) electrons. The van der Waals surface area contributed by atoms with Crippen LogP contribution >= 0.6 is 11.8 Å². The van der Waals surface area contributed by atoms with Gasteiger partial charge in [-0.05, 0) is 37.8 Å². The zero-order chi connectivity index (χ0) is 14.1. The predicted octanol–water partition coefficient (Wildman–Crippen LogP) is 2.61. The van der Waals surface area contributed by atoms with Crippen LogP contribution in [0.5, 0.6) is 0 Å². The Morgan fingerprint density at radius 3 is 2.68 bits per heavy atom. The molecule has 0 aromatic heterocycles. The number of aliphatic hydroxyl groups excluding tert-OH is 1. The summed E-state index contributed by atoms with van der Waals surface area (Å²) in [5.74, 6) is 0.847. The van der Waals surface area contributed by atoms with Crippen molar-refractivity contribution in [2.24, 2.45) is 5.92 Å². The summed E-state index contributed by atoms with van der Waals surface area (Å²) in [6, 6.07) is 8.18. The highest BCUT2D eigenvalue weighted by atomic mass is 32.2. The molecule has 1 aromatic rings. The molecule has 1 rings (SSSR count). The number of aliphatic hydroxyl groups is 1. The van der Waals surface area contributed by atoms with Crippen LogP contribution in [0.4, 0.5) is 0 Å². The lowest BCUT2D eigenvalue weighted by Crippen LogP contribution is -2.26. The van der Waals surface area contributed by atoms with E-state index in [4.69, 9.17) is 5.11 Å². The molecule has 0 aliphatic rings. The van der Waals surface area contributed by atoms with Crippen molar-refractivity contribution in [3.05, 3.63) is 29.8 Å². The number of aryl methyl sites for hydroxylation is 1. The Labute approximate surface area is 119 Å². The molecule has 106 valence electrons. The van der Waals surface area contributed by atoms with Crippen molar-refractivity contribution in [2.75, 3.05) is 18.9 Å². The number of hydrogen-bond donors (Lipinski definition) is 2. The molecule has 1 atom stereocenters. The fraction of sp³-hybridized carbons (Fsp3) is 0.533. The average molecular weight is 281 g/mol. The van der Waals surface area contributed by atoms with Gasteiger partial charge in [0.2, 0.25) is 5.91 Å². The number of benzene rings is 1. The van der Waals surface area contributed by atoms with Crippen LogP contribution in [0.15, 0.2) is 29.2 Å². The fourth-order valence-electron chi connectivity index (χ4n) is 1.60. The van der Waals surface area contributed by atoms with E-state index in [2.05, 4.69) is 24.4 Å². The molecule has 19 heavy (non-hydrogen) atoms. The molecule has 1 unspecified atom stereocenters. The van der Waals surface area contributed by atoms with Crippen LogP contribution in [0.3, 0.4) is 0 Å². The first-order chi connectivity index (χ1) is 9.11. The maximum atomic E-state index is 11.6. The summed E-state index contributed by atoms with van der Waals surface area (Å²) in [5.41, 5.74) is 1.23. The van der Waals surface area contributed by atoms with Crippen LogP contribution in [0.25, 0.3) is 0 Å². The van der Waals surface area contributed by atoms with Crippen molar-refractivity contribution < 1.29 is 9.90 Å². The van der Waals surface area contributed by atoms with Gasteiger partial charge in [0.1, 0.15) is 0 Å². The molecule has 1 aromatic carbocycles. The number of carbonyl (C=O) groups is 1. The van der Waals surface area contributed by atoms with Crippen LogP contribution in [-0.2, 0) is 4.79 Å². The molecule has 1 amide bonds. The number of carbonyl (C=O) groups excluding carboxylic acids is 1. The zero-order valence-corrected chi connectivity index (χ0v) is 12.5. The van der Waals surface area contributed by atoms with Gasteiger partial charge in [-0.1, -0.05) is 24.6 Å². The first kappa shape index (κ1) is 16.1. The van der Waals surface area contributed by atoms with Gasteiger partial charge in [-0.15, -0.1) is 11.8 Å². The Morgan fingerprint density at radius 1 is 1.37 bits per heavy atom. The van der Waals surface area contributed by atoms with Gasteiger partial charge in [-0.2, -0.15) is 0 Å². The zero-order valence-electron chi connectivity index (χ0n) is 11.7. The second-order valence-corrected chi connectivity index (χ2v) is 5.93. The lowest BCUT2D eigenvalue weighted by atomic mass is 10.1. The van der Waals surface area contributed by atoms with E-state index in [0.717, 1.165) is 17.7 Å². The largest absolute Gasteiger partial charge is 0.396 e. The Bertz CT molecular complexity index is 378. The minimum Gasteiger partial charge on any atom is -0.396 e. The first-order valence-electron chi connectivity index (χ1n) is 6.69. The molecule has 4 heteroatoms. The molecule has 0 aliphatic carbocycles. The topological polar surface area (TPSA) is 49.3 Å². The lowest BCUT2D eigenvalue weighted by molar-refractivity contribution is -0.118. The minimum absolute atomic E-state index is 0.0715. The standard InChI is InChI=1S/C15H23NO2S/c1-12-5-7-14(8-6-12)19-11-15(18)16-9-3-4-13(2)10-17/h5-8,13,17H,3-4,9-11H2,1-2H3,(H,16,18). The van der Waals surface area contributed by atoms with Crippen molar-refractivity contribution in [1.29, 1.82) is 0 Å². The van der Waals surface area contributed by atoms with E-state index >= 15 is 0 Å². The van der Waals surface area contributed by atoms with Gasteiger partial charge >= 0.3 is 0 Å². The van der Waals surface area contributed by atoms with E-state index in [1.807, 2.05) is 19.1 Å². The van der Waals surface area contributed by atoms with E-state index in [9.17, 15) is 4.79 Å². The van der Waals surface area contributed by atoms with Crippen LogP contribution in [0.1, 0.15) is 25.3 Å². The average Bonchev–Trinajstić information content (AvgIpc) is 2.42. The smallest absolute Gasteiger partial charge is 0.230 e. The van der Waals surface area contributed by atoms with Crippen molar-refractivity contribution in [1.82, 2.24) is 5.32 Å². The predicted molar refractivity (Wildman–Crippen MR) is 80.4 cm³/mol. The molecule has 0 fully saturated rings. The number of amides is 1. The van der Waals surface area contributed by atoms with E-state index < -0.39 is 0 Å². The van der Waals surface area contributed by atoms with Crippen LogP contribution in [0, 0.1) is 12.8 Å². The number of thioether (sulfide) groups is 1. The third kappa shape index (κ3) is 7.23. The summed E-state index contributed by atoms with van der Waals surface area (Å²) in [7, 11) is 0. The Morgan fingerprint density at radius 2 is 2.05 bits per heavy atom. The number of hydrogen-bond acceptors (Lipinski definition) is 3. The molecular weight excluding hydrogens is 258 g/mol. The highest BCUT2D eigenvalue weighted by Crippen LogP contribution is 2.17. The third-order valence-corrected chi connectivity index (χ3v) is 3.91. The van der Waals surface area contributed by atoms with Crippen LogP contribution < -0.4 is 5.32 Å². The van der Waals surface area contributed by atoms with Crippen molar-refractivity contribution >= 4 is 17.7 Å². The first-order valence-corrected chi connectivity index (χ1v) is 7.67. The second kappa shape index (κ2) is 8.99. The Balaban J connectivity index is 2.12. The molecule has 0 aliphatic heterocycles. The fourth-order valence-corrected chi connectivity index (χ4v) is 2.33. The maximum absolute atomic E-state index is 11.6. The van der Waals surface area contributed by atoms with Gasteiger partial charge in [0, 0.05) is 18.0 Å². The van der Waals surface area contributed by atoms with Gasteiger partial charge in [0.05, 0.1) is 5.75 Å². The summed E-state index contributed by atoms with van der Waals surface area (Å²) in [6.45, 7) is 4.97. The Kier molecular flexibility index (Phi) is 7.60. The summed E-state index contributed by atoms with van der Waals surface area (Å²) < 4.78 is 0. The van der Waals surface area contributed by atoms with E-state index in [1.165, 1.54) is 5.56 Å². The Hall–Kier alpha value is -1.00. The van der Waals surface area contributed by atoms with Crippen molar-refractivity contribution in [3.63, 3.8) is 0 Å². The van der Waals surface area contributed by atoms with Crippen molar-refractivity contribution in [2.45, 2.75) is 31.6 Å². The van der Waals surface area contributed by atoms with Crippen LogP contribution in [-0.4, -0.2) is 29.9 Å². The molecule has 0 spiro atoms. The summed E-state index contributed by atoms with van der Waals surface area (Å²) >= 11 is 1.55. The third-order valence-electron chi connectivity index (χ3n) is 2.90. The summed E-state index contributed by atoms with van der Waals surface area (Å²) in [5, 5.41) is 11.8. The quantitative estimate of drug-likeness (QED) is 0.569. The van der Waals surface area contributed by atoms with Crippen molar-refractivity contribution in [3.8, 4) is 0 Å². The number of nitrogens with one attached hydrogen (secondary N) is 1. The van der Waals surface area contributed by atoms with Gasteiger partial charge in [0.25, 0.3) is 0 Å². The second-order valence-electron chi connectivity index (χ2n) is 4.88. The van der Waals surface area contributed by atoms with Gasteiger partial charge < -0.3 is 10.4 Å². The molecule has 2 N–H and O–H groups in total. The van der Waals surface area contributed by atoms with Crippen LogP contribution in [0.2, 0.25) is 0 Å². The molecule has 0 saturated carbocycles. The normalized spacial score (nSPS) is 12.2. The van der Waals surface area contributed by atoms with E-state index in [-0.39, 0.29) is 12.5 Å². The summed E-state index contributed by atoms with van der Waals surface area (Å²) in [6.07, 6.45) is 1.87. The maximum Gasteiger partial charge on any atom is 0.230 e. The van der Waals surface area contributed by atoms with Gasteiger partial charge in [-0.3, -0.25) is 4.79 Å². The SMILES string of the molecule is Cc1ccc(SCC(=O)NCCCC(C)CO)cc1. The molecule has 0 bridgehead atoms. The molecule has 0 heterocycles. The minimum atomic E-state index is 0.0715. The summed E-state index contributed by atoms with van der Waals surface area (Å²) in [4.78, 5) is 12.7. The van der Waals surface area contributed by atoms with E-state index in [0.29, 0.717) is 18.2 Å². The molecule has 3 nitrogen and oxygen atoms in total. The number of rotatable bonds is 8. The highest BCUT2D eigenvalue weighted by Gasteiger charge is 2.03. The van der Waals surface area contributed by atoms with E-state index in [1.54, 1.807) is 11.8 Å². The lowest BCUT2D eigenvalue weighted by Gasteiger charge is -2.08. The molecular formula is C15H23NO2S. The molecule has 0 saturated heterocycles.